The quantitative estimate of drug-likeness (QED) is 0.553. The van der Waals surface area contributed by atoms with Crippen LogP contribution in [-0.4, -0.2) is 26.5 Å². The molecule has 7 heteroatoms. The first-order valence-corrected chi connectivity index (χ1v) is 11.0. The van der Waals surface area contributed by atoms with Crippen molar-refractivity contribution >= 4 is 17.2 Å². The maximum absolute atomic E-state index is 6.06. The van der Waals surface area contributed by atoms with Gasteiger partial charge in [-0.05, 0) is 38.8 Å². The summed E-state index contributed by atoms with van der Waals surface area (Å²) in [6, 6.07) is 8.00. The molecule has 1 saturated carbocycles. The van der Waals surface area contributed by atoms with E-state index in [1.54, 1.807) is 11.3 Å². The molecular weight excluding hydrogens is 382 g/mol. The van der Waals surface area contributed by atoms with Gasteiger partial charge in [-0.2, -0.15) is 4.98 Å². The number of aryl methyl sites for hydroxylation is 3. The van der Waals surface area contributed by atoms with Crippen LogP contribution in [0, 0.1) is 19.8 Å². The lowest BCUT2D eigenvalue weighted by Crippen LogP contribution is -2.08. The Hall–Kier alpha value is -2.54. The highest BCUT2D eigenvalue weighted by Gasteiger charge is 2.39. The molecule has 0 radical (unpaired) electrons. The van der Waals surface area contributed by atoms with Crippen molar-refractivity contribution in [1.82, 2.24) is 19.9 Å². The Balaban J connectivity index is 1.39. The molecule has 0 amide bonds. The highest BCUT2D eigenvalue weighted by atomic mass is 32.1. The van der Waals surface area contributed by atoms with E-state index in [9.17, 15) is 0 Å². The number of pyridine rings is 1. The van der Waals surface area contributed by atoms with Gasteiger partial charge in [-0.1, -0.05) is 13.0 Å². The lowest BCUT2D eigenvalue weighted by Gasteiger charge is -2.11. The first-order chi connectivity index (χ1) is 14.1. The van der Waals surface area contributed by atoms with Crippen molar-refractivity contribution in [3.05, 3.63) is 57.6 Å². The number of hydrogen-bond donors (Lipinski definition) is 1. The largest absolute Gasteiger partial charge is 0.477 e. The molecule has 3 aromatic rings. The molecule has 2 atom stereocenters. The molecular formula is C22H27N5OS. The minimum atomic E-state index is 0.503. The molecule has 0 aliphatic heterocycles. The van der Waals surface area contributed by atoms with Crippen LogP contribution in [0.5, 0.6) is 5.88 Å². The Morgan fingerprint density at radius 3 is 2.83 bits per heavy atom. The predicted octanol–water partition coefficient (Wildman–Crippen LogP) is 4.69. The van der Waals surface area contributed by atoms with Crippen LogP contribution in [0.1, 0.15) is 52.8 Å². The number of thiazole rings is 1. The molecule has 0 bridgehead atoms. The van der Waals surface area contributed by atoms with Gasteiger partial charge in [0, 0.05) is 41.1 Å². The lowest BCUT2D eigenvalue weighted by molar-refractivity contribution is 0.284. The molecule has 3 aromatic heterocycles. The molecule has 1 aliphatic rings. The van der Waals surface area contributed by atoms with Crippen molar-refractivity contribution in [3.63, 3.8) is 0 Å². The van der Waals surface area contributed by atoms with E-state index in [-0.39, 0.29) is 0 Å². The zero-order chi connectivity index (χ0) is 20.2. The number of anilines is 1. The summed E-state index contributed by atoms with van der Waals surface area (Å²) in [5.74, 6) is 3.29. The second-order valence-electron chi connectivity index (χ2n) is 7.52. The predicted molar refractivity (Wildman–Crippen MR) is 116 cm³/mol. The molecule has 4 rings (SSSR count). The van der Waals surface area contributed by atoms with Gasteiger partial charge in [-0.15, -0.1) is 11.3 Å². The summed E-state index contributed by atoms with van der Waals surface area (Å²) >= 11 is 1.72. The third-order valence-corrected chi connectivity index (χ3v) is 6.16. The SMILES string of the molecule is CCCc1nc(NCc2sc(C)nc2C)cc(OCC2CC2c2ccccn2)n1. The van der Waals surface area contributed by atoms with E-state index in [1.807, 2.05) is 38.2 Å². The van der Waals surface area contributed by atoms with Crippen molar-refractivity contribution in [2.45, 2.75) is 52.5 Å². The van der Waals surface area contributed by atoms with Gasteiger partial charge >= 0.3 is 0 Å². The third-order valence-electron chi connectivity index (χ3n) is 5.09. The average molecular weight is 410 g/mol. The van der Waals surface area contributed by atoms with Crippen LogP contribution in [0.15, 0.2) is 30.5 Å². The van der Waals surface area contributed by atoms with Gasteiger partial charge in [0.25, 0.3) is 0 Å². The minimum Gasteiger partial charge on any atom is -0.477 e. The summed E-state index contributed by atoms with van der Waals surface area (Å²) in [6.07, 6.45) is 4.82. The van der Waals surface area contributed by atoms with Crippen molar-refractivity contribution in [2.75, 3.05) is 11.9 Å². The molecule has 0 aromatic carbocycles. The summed E-state index contributed by atoms with van der Waals surface area (Å²) in [5.41, 5.74) is 2.24. The van der Waals surface area contributed by atoms with Crippen molar-refractivity contribution < 1.29 is 4.74 Å². The summed E-state index contributed by atoms with van der Waals surface area (Å²) < 4.78 is 6.06. The monoisotopic (exact) mass is 409 g/mol. The Morgan fingerprint density at radius 1 is 1.21 bits per heavy atom. The third kappa shape index (κ3) is 5.09. The van der Waals surface area contributed by atoms with Crippen LogP contribution in [0.2, 0.25) is 0 Å². The Labute approximate surface area is 175 Å². The summed E-state index contributed by atoms with van der Waals surface area (Å²) in [5, 5.41) is 4.51. The second kappa shape index (κ2) is 8.86. The maximum atomic E-state index is 6.06. The van der Waals surface area contributed by atoms with Crippen LogP contribution in [-0.2, 0) is 13.0 Å². The van der Waals surface area contributed by atoms with Gasteiger partial charge in [0.2, 0.25) is 5.88 Å². The van der Waals surface area contributed by atoms with E-state index in [0.717, 1.165) is 47.3 Å². The van der Waals surface area contributed by atoms with Gasteiger partial charge < -0.3 is 10.1 Å². The first-order valence-electron chi connectivity index (χ1n) is 10.2. The van der Waals surface area contributed by atoms with Gasteiger partial charge in [0.05, 0.1) is 23.9 Å². The maximum Gasteiger partial charge on any atom is 0.218 e. The van der Waals surface area contributed by atoms with Crippen LogP contribution in [0.3, 0.4) is 0 Å². The Morgan fingerprint density at radius 2 is 2.10 bits per heavy atom. The number of nitrogens with one attached hydrogen (secondary N) is 1. The number of hydrogen-bond acceptors (Lipinski definition) is 7. The zero-order valence-electron chi connectivity index (χ0n) is 17.2. The van der Waals surface area contributed by atoms with E-state index in [2.05, 4.69) is 38.2 Å². The number of nitrogens with zero attached hydrogens (tertiary/aromatic N) is 4. The molecule has 1 fully saturated rings. The fraction of sp³-hybridized carbons (Fsp3) is 0.455. The van der Waals surface area contributed by atoms with Crippen LogP contribution in [0.4, 0.5) is 5.82 Å². The Kier molecular flexibility index (Phi) is 6.04. The van der Waals surface area contributed by atoms with Crippen LogP contribution < -0.4 is 10.1 Å². The molecule has 152 valence electrons. The standard InChI is InChI=1S/C22H27N5OS/c1-4-7-20-26-21(24-12-19-14(2)25-15(3)29-19)11-22(27-20)28-13-16-10-17(16)18-8-5-6-9-23-18/h5-6,8-9,11,16-17H,4,7,10,12-13H2,1-3H3,(H,24,26,27). The summed E-state index contributed by atoms with van der Waals surface area (Å²) in [4.78, 5) is 19.4. The normalized spacial score (nSPS) is 17.9. The first kappa shape index (κ1) is 19.8. The van der Waals surface area contributed by atoms with Crippen molar-refractivity contribution in [3.8, 4) is 5.88 Å². The van der Waals surface area contributed by atoms with E-state index < -0.39 is 0 Å². The van der Waals surface area contributed by atoms with Gasteiger partial charge in [-0.25, -0.2) is 9.97 Å². The van der Waals surface area contributed by atoms with E-state index >= 15 is 0 Å². The zero-order valence-corrected chi connectivity index (χ0v) is 18.0. The smallest absolute Gasteiger partial charge is 0.218 e. The van der Waals surface area contributed by atoms with Gasteiger partial charge in [-0.3, -0.25) is 4.98 Å². The summed E-state index contributed by atoms with van der Waals surface area (Å²) in [7, 11) is 0. The lowest BCUT2D eigenvalue weighted by atomic mass is 10.2. The summed E-state index contributed by atoms with van der Waals surface area (Å²) in [6.45, 7) is 7.59. The molecule has 29 heavy (non-hydrogen) atoms. The average Bonchev–Trinajstić information content (AvgIpc) is 3.43. The highest BCUT2D eigenvalue weighted by Crippen LogP contribution is 2.46. The Bertz CT molecular complexity index is 959. The molecule has 0 saturated heterocycles. The molecule has 0 spiro atoms. The van der Waals surface area contributed by atoms with Crippen LogP contribution >= 0.6 is 11.3 Å². The van der Waals surface area contributed by atoms with Crippen molar-refractivity contribution in [1.29, 1.82) is 0 Å². The van der Waals surface area contributed by atoms with Crippen LogP contribution in [0.25, 0.3) is 0 Å². The molecule has 2 unspecified atom stereocenters. The van der Waals surface area contributed by atoms with E-state index in [1.165, 1.54) is 4.88 Å². The molecule has 6 nitrogen and oxygen atoms in total. The van der Waals surface area contributed by atoms with Gasteiger partial charge in [0.15, 0.2) is 0 Å². The molecule has 1 aliphatic carbocycles. The van der Waals surface area contributed by atoms with E-state index in [0.29, 0.717) is 30.9 Å². The minimum absolute atomic E-state index is 0.503. The topological polar surface area (TPSA) is 72.8 Å². The fourth-order valence-corrected chi connectivity index (χ4v) is 4.34. The van der Waals surface area contributed by atoms with Crippen molar-refractivity contribution in [2.24, 2.45) is 5.92 Å². The fourth-order valence-electron chi connectivity index (χ4n) is 3.46. The number of ether oxygens (including phenoxy) is 1. The second-order valence-corrected chi connectivity index (χ2v) is 8.81. The number of rotatable bonds is 9. The molecule has 3 heterocycles. The highest BCUT2D eigenvalue weighted by molar-refractivity contribution is 7.11. The number of aromatic nitrogens is 4. The van der Waals surface area contributed by atoms with E-state index in [4.69, 9.17) is 4.74 Å². The van der Waals surface area contributed by atoms with Gasteiger partial charge in [0.1, 0.15) is 11.6 Å². The molecule has 1 N–H and O–H groups in total.